The Morgan fingerprint density at radius 3 is 2.97 bits per heavy atom. The minimum Gasteiger partial charge on any atom is -0.487 e. The van der Waals surface area contributed by atoms with Gasteiger partial charge in [0.05, 0.1) is 18.2 Å². The number of amides is 2. The van der Waals surface area contributed by atoms with Gasteiger partial charge in [-0.05, 0) is 49.6 Å². The molecule has 1 atom stereocenters. The molecule has 0 saturated carbocycles. The summed E-state index contributed by atoms with van der Waals surface area (Å²) in [6, 6.07) is 11.8. The van der Waals surface area contributed by atoms with E-state index in [0.29, 0.717) is 32.5 Å². The summed E-state index contributed by atoms with van der Waals surface area (Å²) in [5, 5.41) is 3.05. The Kier molecular flexibility index (Phi) is 5.26. The lowest BCUT2D eigenvalue weighted by Crippen LogP contribution is -2.45. The van der Waals surface area contributed by atoms with Crippen LogP contribution in [0.3, 0.4) is 0 Å². The van der Waals surface area contributed by atoms with Gasteiger partial charge >= 0.3 is 0 Å². The van der Waals surface area contributed by atoms with Crippen LogP contribution in [0.15, 0.2) is 42.6 Å². The first-order valence-electron chi connectivity index (χ1n) is 10.2. The monoisotopic (exact) mass is 393 g/mol. The first-order chi connectivity index (χ1) is 13.9. The Labute approximate surface area is 171 Å². The maximum atomic E-state index is 12.7. The summed E-state index contributed by atoms with van der Waals surface area (Å²) in [5.41, 5.74) is 2.92. The number of benzene rings is 1. The number of likely N-dealkylation sites (tertiary alicyclic amines) is 1. The topological polar surface area (TPSA) is 71.5 Å². The first-order valence-corrected chi connectivity index (χ1v) is 10.2. The first kappa shape index (κ1) is 19.4. The minimum atomic E-state index is -0.187. The molecule has 29 heavy (non-hydrogen) atoms. The highest BCUT2D eigenvalue weighted by atomic mass is 16.5. The third kappa shape index (κ3) is 4.58. The molecule has 0 spiro atoms. The predicted molar refractivity (Wildman–Crippen MR) is 109 cm³/mol. The van der Waals surface area contributed by atoms with Gasteiger partial charge in [-0.3, -0.25) is 14.6 Å². The number of nitrogens with one attached hydrogen (secondary N) is 1. The number of carbonyl (C=O) groups excluding carboxylic acids is 2. The zero-order chi connectivity index (χ0) is 20.4. The van der Waals surface area contributed by atoms with Crippen LogP contribution in [0, 0.1) is 5.92 Å². The number of aromatic nitrogens is 1. The molecule has 2 aliphatic rings. The third-order valence-corrected chi connectivity index (χ3v) is 5.54. The summed E-state index contributed by atoms with van der Waals surface area (Å²) < 4.78 is 5.91. The Hall–Kier alpha value is -2.89. The van der Waals surface area contributed by atoms with Gasteiger partial charge in [0.2, 0.25) is 11.8 Å². The molecule has 4 rings (SSSR count). The molecular weight excluding hydrogens is 366 g/mol. The highest BCUT2D eigenvalue weighted by Crippen LogP contribution is 2.35. The molecule has 1 N–H and O–H groups in total. The van der Waals surface area contributed by atoms with Crippen molar-refractivity contribution in [2.24, 2.45) is 5.92 Å². The maximum absolute atomic E-state index is 12.7. The van der Waals surface area contributed by atoms with Crippen LogP contribution in [-0.4, -0.2) is 33.8 Å². The zero-order valence-corrected chi connectivity index (χ0v) is 17.0. The molecule has 0 bridgehead atoms. The lowest BCUT2D eigenvalue weighted by molar-refractivity contribution is -0.139. The van der Waals surface area contributed by atoms with E-state index in [0.717, 1.165) is 23.4 Å². The van der Waals surface area contributed by atoms with Crippen molar-refractivity contribution in [1.29, 1.82) is 0 Å². The van der Waals surface area contributed by atoms with Crippen molar-refractivity contribution >= 4 is 11.8 Å². The van der Waals surface area contributed by atoms with Crippen LogP contribution in [-0.2, 0) is 29.1 Å². The Bertz CT molecular complexity index is 911. The van der Waals surface area contributed by atoms with Gasteiger partial charge in [-0.2, -0.15) is 0 Å². The second kappa shape index (κ2) is 7.85. The fourth-order valence-corrected chi connectivity index (χ4v) is 4.08. The van der Waals surface area contributed by atoms with Crippen LogP contribution in [0.1, 0.15) is 43.5 Å². The van der Waals surface area contributed by atoms with E-state index in [-0.39, 0.29) is 23.3 Å². The molecule has 1 aromatic carbocycles. The Morgan fingerprint density at radius 2 is 2.17 bits per heavy atom. The molecule has 1 fully saturated rings. The standard InChI is InChI=1S/C23H27N3O3/c1-23(2)12-18-11-16(6-8-20(18)29-23)13-25-22(28)17-7-9-21(27)26(14-17)15-19-5-3-4-10-24-19/h3-6,8,10-11,17H,7,9,12-15H2,1-2H3,(H,25,28)/t17-/m0/s1. The second-order valence-electron chi connectivity index (χ2n) is 8.53. The van der Waals surface area contributed by atoms with Crippen molar-refractivity contribution in [1.82, 2.24) is 15.2 Å². The quantitative estimate of drug-likeness (QED) is 0.848. The van der Waals surface area contributed by atoms with Crippen molar-refractivity contribution in [3.8, 4) is 5.75 Å². The molecule has 6 heteroatoms. The number of nitrogens with zero attached hydrogens (tertiary/aromatic N) is 2. The van der Waals surface area contributed by atoms with Crippen LogP contribution in [0.2, 0.25) is 0 Å². The van der Waals surface area contributed by atoms with Crippen LogP contribution in [0.4, 0.5) is 0 Å². The zero-order valence-electron chi connectivity index (χ0n) is 17.0. The van der Waals surface area contributed by atoms with E-state index in [1.807, 2.05) is 30.3 Å². The van der Waals surface area contributed by atoms with Gasteiger partial charge in [0.1, 0.15) is 11.4 Å². The van der Waals surface area contributed by atoms with Crippen molar-refractivity contribution in [2.45, 2.75) is 51.8 Å². The van der Waals surface area contributed by atoms with Crippen LogP contribution < -0.4 is 10.1 Å². The predicted octanol–water partition coefficient (Wildman–Crippen LogP) is 2.85. The molecule has 0 aliphatic carbocycles. The Morgan fingerprint density at radius 1 is 1.31 bits per heavy atom. The molecule has 3 heterocycles. The average molecular weight is 393 g/mol. The maximum Gasteiger partial charge on any atom is 0.225 e. The fraction of sp³-hybridized carbons (Fsp3) is 0.435. The molecule has 1 saturated heterocycles. The largest absolute Gasteiger partial charge is 0.487 e. The highest BCUT2D eigenvalue weighted by Gasteiger charge is 2.31. The van der Waals surface area contributed by atoms with E-state index in [2.05, 4.69) is 30.2 Å². The summed E-state index contributed by atoms with van der Waals surface area (Å²) in [5.74, 6) is 0.829. The van der Waals surface area contributed by atoms with Crippen molar-refractivity contribution in [3.05, 3.63) is 59.4 Å². The highest BCUT2D eigenvalue weighted by molar-refractivity contribution is 5.83. The molecule has 2 aliphatic heterocycles. The normalized spacial score (nSPS) is 20.1. The average Bonchev–Trinajstić information content (AvgIpc) is 3.01. The molecule has 2 aromatic rings. The van der Waals surface area contributed by atoms with Gasteiger partial charge < -0.3 is 15.0 Å². The van der Waals surface area contributed by atoms with Crippen molar-refractivity contribution < 1.29 is 14.3 Å². The second-order valence-corrected chi connectivity index (χ2v) is 8.53. The number of fused-ring (bicyclic) bond motifs is 1. The number of hydrogen-bond acceptors (Lipinski definition) is 4. The van der Waals surface area contributed by atoms with E-state index in [1.54, 1.807) is 11.1 Å². The fourth-order valence-electron chi connectivity index (χ4n) is 4.08. The van der Waals surface area contributed by atoms with Crippen molar-refractivity contribution in [3.63, 3.8) is 0 Å². The smallest absolute Gasteiger partial charge is 0.225 e. The summed E-state index contributed by atoms with van der Waals surface area (Å²) in [6.07, 6.45) is 3.58. The van der Waals surface area contributed by atoms with Gasteiger partial charge in [-0.1, -0.05) is 18.2 Å². The molecule has 1 aromatic heterocycles. The van der Waals surface area contributed by atoms with Gasteiger partial charge in [0.25, 0.3) is 0 Å². The molecule has 2 amide bonds. The summed E-state index contributed by atoms with van der Waals surface area (Å²) >= 11 is 0. The third-order valence-electron chi connectivity index (χ3n) is 5.54. The molecule has 0 unspecified atom stereocenters. The van der Waals surface area contributed by atoms with E-state index in [4.69, 9.17) is 4.74 Å². The minimum absolute atomic E-state index is 0.000555. The van der Waals surface area contributed by atoms with E-state index in [9.17, 15) is 9.59 Å². The van der Waals surface area contributed by atoms with Crippen LogP contribution in [0.25, 0.3) is 0 Å². The molecule has 0 radical (unpaired) electrons. The van der Waals surface area contributed by atoms with Gasteiger partial charge in [0, 0.05) is 32.1 Å². The van der Waals surface area contributed by atoms with E-state index in [1.165, 1.54) is 5.56 Å². The molecular formula is C23H27N3O3. The van der Waals surface area contributed by atoms with Crippen LogP contribution in [0.5, 0.6) is 5.75 Å². The summed E-state index contributed by atoms with van der Waals surface area (Å²) in [6.45, 7) is 5.53. The van der Waals surface area contributed by atoms with Gasteiger partial charge in [-0.15, -0.1) is 0 Å². The lowest BCUT2D eigenvalue weighted by atomic mass is 9.96. The Balaban J connectivity index is 1.33. The summed E-state index contributed by atoms with van der Waals surface area (Å²) in [7, 11) is 0. The van der Waals surface area contributed by atoms with Gasteiger partial charge in [-0.25, -0.2) is 0 Å². The van der Waals surface area contributed by atoms with E-state index >= 15 is 0 Å². The van der Waals surface area contributed by atoms with Crippen LogP contribution >= 0.6 is 0 Å². The number of ether oxygens (including phenoxy) is 1. The number of pyridine rings is 1. The van der Waals surface area contributed by atoms with Gasteiger partial charge in [0.15, 0.2) is 0 Å². The number of carbonyl (C=O) groups is 2. The summed E-state index contributed by atoms with van der Waals surface area (Å²) in [4.78, 5) is 31.0. The molecule has 152 valence electrons. The SMILES string of the molecule is CC1(C)Cc2cc(CNC(=O)[C@H]3CCC(=O)N(Cc4ccccn4)C3)ccc2O1. The lowest BCUT2D eigenvalue weighted by Gasteiger charge is -2.31. The van der Waals surface area contributed by atoms with Crippen molar-refractivity contribution in [2.75, 3.05) is 6.54 Å². The number of hydrogen-bond donors (Lipinski definition) is 1. The number of piperidine rings is 1. The molecule has 6 nitrogen and oxygen atoms in total. The number of rotatable bonds is 5. The van der Waals surface area contributed by atoms with E-state index < -0.39 is 0 Å².